The summed E-state index contributed by atoms with van der Waals surface area (Å²) in [5, 5.41) is 9.77. The molecule has 56 valence electrons. The molecule has 0 bridgehead atoms. The van der Waals surface area contributed by atoms with Crippen molar-refractivity contribution >= 4 is 11.6 Å². The van der Waals surface area contributed by atoms with E-state index in [4.69, 9.17) is 14.3 Å². The fourth-order valence-electron chi connectivity index (χ4n) is 0.933. The Hall–Kier alpha value is -0.270. The number of aliphatic hydroxyl groups excluding tert-OH is 1. The van der Waals surface area contributed by atoms with E-state index in [9.17, 15) is 5.11 Å². The highest BCUT2D eigenvalue weighted by atomic mass is 35.5. The normalized spacial score (nSPS) is 34.8. The van der Waals surface area contributed by atoms with E-state index < -0.39 is 12.5 Å². The second-order valence-electron chi connectivity index (χ2n) is 2.38. The zero-order chi connectivity index (χ0) is 9.52. The minimum Gasteiger partial charge on any atom is -0.389 e. The van der Waals surface area contributed by atoms with Gasteiger partial charge in [-0.05, 0) is 25.8 Å². The van der Waals surface area contributed by atoms with Crippen molar-refractivity contribution in [2.24, 2.45) is 0 Å². The topological polar surface area (TPSA) is 20.2 Å². The average molecular weight is 161 g/mol. The van der Waals surface area contributed by atoms with Gasteiger partial charge >= 0.3 is 0 Å². The highest BCUT2D eigenvalue weighted by molar-refractivity contribution is 6.32. The lowest BCUT2D eigenvalue weighted by atomic mass is 9.99. The van der Waals surface area contributed by atoms with Gasteiger partial charge in [0, 0.05) is 7.77 Å². The number of hydrogen-bond acceptors (Lipinski definition) is 1. The first kappa shape index (κ1) is 5.39. The van der Waals surface area contributed by atoms with Gasteiger partial charge in [0.2, 0.25) is 0 Å². The van der Waals surface area contributed by atoms with Gasteiger partial charge in [-0.2, -0.15) is 0 Å². The minimum absolute atomic E-state index is 0.400. The maximum absolute atomic E-state index is 9.35. The molecule has 1 rings (SSSR count). The first-order valence-corrected chi connectivity index (χ1v) is 3.49. The Morgan fingerprint density at radius 1 is 1.80 bits per heavy atom. The van der Waals surface area contributed by atoms with Gasteiger partial charge in [-0.1, -0.05) is 23.3 Å². The van der Waals surface area contributed by atoms with E-state index in [2.05, 4.69) is 0 Å². The monoisotopic (exact) mass is 160 g/mol. The van der Waals surface area contributed by atoms with E-state index in [0.29, 0.717) is 10.6 Å². The average Bonchev–Trinajstić information content (AvgIpc) is 1.99. The Balaban J connectivity index is 3.18. The minimum atomic E-state index is -1.73. The SMILES string of the molecule is [2H]C1([2H])C(C)=C(Cl)C(C)=CC1O. The summed E-state index contributed by atoms with van der Waals surface area (Å²) in [5.74, 6) is 0. The smallest absolute Gasteiger partial charge is 0.0764 e. The second kappa shape index (κ2) is 2.77. The first-order chi connectivity index (χ1) is 5.37. The van der Waals surface area contributed by atoms with Crippen LogP contribution in [0.1, 0.15) is 23.0 Å². The predicted octanol–water partition coefficient (Wildman–Crippen LogP) is 2.21. The lowest BCUT2D eigenvalue weighted by Crippen LogP contribution is -2.09. The van der Waals surface area contributed by atoms with Crippen LogP contribution >= 0.6 is 11.6 Å². The van der Waals surface area contributed by atoms with Gasteiger partial charge in [-0.25, -0.2) is 0 Å². The molecule has 0 aliphatic heterocycles. The van der Waals surface area contributed by atoms with Crippen molar-refractivity contribution in [3.8, 4) is 0 Å². The molecule has 0 saturated heterocycles. The van der Waals surface area contributed by atoms with Crippen LogP contribution in [0.2, 0.25) is 0 Å². The van der Waals surface area contributed by atoms with Crippen LogP contribution in [0, 0.1) is 0 Å². The standard InChI is InChI=1S/C8H11ClO/c1-5-3-7(10)4-6(2)8(5)9/h3,7,10H,4H2,1-2H3/i4D2. The molecule has 0 aromatic heterocycles. The van der Waals surface area contributed by atoms with Crippen LogP contribution in [0.25, 0.3) is 0 Å². The Kier molecular flexibility index (Phi) is 1.49. The fraction of sp³-hybridized carbons (Fsp3) is 0.500. The third kappa shape index (κ3) is 1.41. The summed E-state index contributed by atoms with van der Waals surface area (Å²) >= 11 is 5.83. The van der Waals surface area contributed by atoms with Gasteiger partial charge in [0.15, 0.2) is 0 Å². The largest absolute Gasteiger partial charge is 0.389 e. The molecule has 2 heteroatoms. The van der Waals surface area contributed by atoms with E-state index in [0.717, 1.165) is 5.57 Å². The summed E-state index contributed by atoms with van der Waals surface area (Å²) in [6.45, 7) is 3.35. The lowest BCUT2D eigenvalue weighted by Gasteiger charge is -2.15. The van der Waals surface area contributed by atoms with Crippen molar-refractivity contribution in [1.29, 1.82) is 0 Å². The van der Waals surface area contributed by atoms with E-state index in [1.807, 2.05) is 0 Å². The van der Waals surface area contributed by atoms with E-state index in [1.165, 1.54) is 6.08 Å². The third-order valence-corrected chi connectivity index (χ3v) is 2.03. The maximum atomic E-state index is 9.35. The number of allylic oxidation sites excluding steroid dienone is 2. The van der Waals surface area contributed by atoms with Crippen molar-refractivity contribution in [3.63, 3.8) is 0 Å². The van der Waals surface area contributed by atoms with Crippen LogP contribution in [-0.4, -0.2) is 11.2 Å². The molecule has 1 atom stereocenters. The van der Waals surface area contributed by atoms with E-state index in [1.54, 1.807) is 13.8 Å². The van der Waals surface area contributed by atoms with E-state index in [-0.39, 0.29) is 0 Å². The molecule has 0 aromatic carbocycles. The first-order valence-electron chi connectivity index (χ1n) is 4.11. The molecule has 0 heterocycles. The zero-order valence-corrected chi connectivity index (χ0v) is 6.74. The number of hydrogen-bond donors (Lipinski definition) is 1. The molecule has 1 nitrogen and oxygen atoms in total. The molecule has 1 aliphatic rings. The highest BCUT2D eigenvalue weighted by Crippen LogP contribution is 2.27. The van der Waals surface area contributed by atoms with Crippen molar-refractivity contribution in [3.05, 3.63) is 22.3 Å². The van der Waals surface area contributed by atoms with Crippen molar-refractivity contribution in [2.45, 2.75) is 26.3 Å². The number of halogens is 1. The van der Waals surface area contributed by atoms with Gasteiger partial charge in [0.1, 0.15) is 0 Å². The predicted molar refractivity (Wildman–Crippen MR) is 42.9 cm³/mol. The maximum Gasteiger partial charge on any atom is 0.0764 e. The molecule has 0 radical (unpaired) electrons. The molecule has 0 saturated carbocycles. The molecule has 0 fully saturated rings. The summed E-state index contributed by atoms with van der Waals surface area (Å²) in [6.07, 6.45) is -1.37. The van der Waals surface area contributed by atoms with Gasteiger partial charge in [-0.15, -0.1) is 0 Å². The van der Waals surface area contributed by atoms with Crippen LogP contribution in [0.5, 0.6) is 0 Å². The quantitative estimate of drug-likeness (QED) is 0.576. The summed E-state index contributed by atoms with van der Waals surface area (Å²) in [7, 11) is 0. The van der Waals surface area contributed by atoms with E-state index >= 15 is 0 Å². The molecule has 1 unspecified atom stereocenters. The van der Waals surface area contributed by atoms with Gasteiger partial charge in [0.05, 0.1) is 6.10 Å². The third-order valence-electron chi connectivity index (χ3n) is 1.45. The second-order valence-corrected chi connectivity index (χ2v) is 2.76. The van der Waals surface area contributed by atoms with Crippen molar-refractivity contribution in [1.82, 2.24) is 0 Å². The van der Waals surface area contributed by atoms with Gasteiger partial charge in [-0.3, -0.25) is 0 Å². The summed E-state index contributed by atoms with van der Waals surface area (Å²) in [5.41, 5.74) is 1.13. The summed E-state index contributed by atoms with van der Waals surface area (Å²) in [6, 6.07) is 0. The molecular weight excluding hydrogens is 148 g/mol. The molecule has 1 aliphatic carbocycles. The summed E-state index contributed by atoms with van der Waals surface area (Å²) < 4.78 is 15.0. The van der Waals surface area contributed by atoms with Crippen LogP contribution in [-0.2, 0) is 0 Å². The highest BCUT2D eigenvalue weighted by Gasteiger charge is 2.12. The van der Waals surface area contributed by atoms with Crippen LogP contribution < -0.4 is 0 Å². The molecule has 0 aromatic rings. The molecule has 0 amide bonds. The lowest BCUT2D eigenvalue weighted by molar-refractivity contribution is 0.221. The van der Waals surface area contributed by atoms with Crippen LogP contribution in [0.4, 0.5) is 0 Å². The molecule has 0 spiro atoms. The molecule has 10 heavy (non-hydrogen) atoms. The Morgan fingerprint density at radius 2 is 2.40 bits per heavy atom. The zero-order valence-electron chi connectivity index (χ0n) is 7.98. The van der Waals surface area contributed by atoms with Crippen LogP contribution in [0.15, 0.2) is 22.3 Å². The van der Waals surface area contributed by atoms with Crippen molar-refractivity contribution in [2.75, 3.05) is 0 Å². The Labute approximate surface area is 68.8 Å². The van der Waals surface area contributed by atoms with Gasteiger partial charge in [0.25, 0.3) is 0 Å². The van der Waals surface area contributed by atoms with Gasteiger partial charge < -0.3 is 5.11 Å². The number of rotatable bonds is 0. The molecular formula is C8H11ClO. The van der Waals surface area contributed by atoms with Crippen LogP contribution in [0.3, 0.4) is 0 Å². The van der Waals surface area contributed by atoms with Crippen molar-refractivity contribution < 1.29 is 7.85 Å². The number of aliphatic hydroxyl groups is 1. The Bertz CT molecular complexity index is 268. The fourth-order valence-corrected chi connectivity index (χ4v) is 1.05. The summed E-state index contributed by atoms with van der Waals surface area (Å²) in [4.78, 5) is 0. The Morgan fingerprint density at radius 3 is 3.00 bits per heavy atom. The molecule has 1 N–H and O–H groups in total.